The van der Waals surface area contributed by atoms with Gasteiger partial charge in [-0.2, -0.15) is 0 Å². The van der Waals surface area contributed by atoms with E-state index in [2.05, 4.69) is 46.4 Å². The fraction of sp³-hybridized carbons (Fsp3) is 0.375. The lowest BCUT2D eigenvalue weighted by Crippen LogP contribution is -2.21. The Kier molecular flexibility index (Phi) is 6.30. The molecule has 1 unspecified atom stereocenters. The number of halogens is 1. The zero-order valence-electron chi connectivity index (χ0n) is 11.6. The van der Waals surface area contributed by atoms with Gasteiger partial charge in [-0.1, -0.05) is 34.1 Å². The molecule has 0 saturated carbocycles. The Morgan fingerprint density at radius 3 is 2.85 bits per heavy atom. The van der Waals surface area contributed by atoms with E-state index in [0.717, 1.165) is 29.8 Å². The van der Waals surface area contributed by atoms with Gasteiger partial charge < -0.3 is 14.5 Å². The Morgan fingerprint density at radius 2 is 2.10 bits per heavy atom. The van der Waals surface area contributed by atoms with E-state index in [4.69, 9.17) is 9.15 Å². The van der Waals surface area contributed by atoms with Crippen LogP contribution in [0.15, 0.2) is 51.6 Å². The number of nitrogens with one attached hydrogen (secondary N) is 1. The number of benzene rings is 1. The summed E-state index contributed by atoms with van der Waals surface area (Å²) in [5.41, 5.74) is 1.28. The lowest BCUT2D eigenvalue weighted by molar-refractivity contribution is 0.104. The van der Waals surface area contributed by atoms with Crippen molar-refractivity contribution < 1.29 is 9.15 Å². The van der Waals surface area contributed by atoms with Crippen molar-refractivity contribution in [3.8, 4) is 0 Å². The maximum Gasteiger partial charge on any atom is 0.129 e. The van der Waals surface area contributed by atoms with Gasteiger partial charge in [0.15, 0.2) is 0 Å². The van der Waals surface area contributed by atoms with Gasteiger partial charge in [-0.25, -0.2) is 0 Å². The van der Waals surface area contributed by atoms with Crippen molar-refractivity contribution in [1.29, 1.82) is 0 Å². The Morgan fingerprint density at radius 1 is 1.25 bits per heavy atom. The van der Waals surface area contributed by atoms with E-state index >= 15 is 0 Å². The van der Waals surface area contributed by atoms with E-state index in [1.807, 2.05) is 18.2 Å². The first-order valence-electron chi connectivity index (χ1n) is 6.85. The zero-order chi connectivity index (χ0) is 14.2. The Hall–Kier alpha value is -1.10. The van der Waals surface area contributed by atoms with Crippen LogP contribution < -0.4 is 5.32 Å². The molecule has 1 aromatic carbocycles. The molecule has 0 aliphatic carbocycles. The van der Waals surface area contributed by atoms with E-state index in [0.29, 0.717) is 12.6 Å². The molecule has 1 atom stereocenters. The largest absolute Gasteiger partial charge is 0.467 e. The predicted octanol–water partition coefficient (Wildman–Crippen LogP) is 4.30. The molecule has 0 fully saturated rings. The molecular weight excluding hydrogens is 318 g/mol. The number of hydrogen-bond donors (Lipinski definition) is 1. The summed E-state index contributed by atoms with van der Waals surface area (Å²) in [6.07, 6.45) is 2.65. The van der Waals surface area contributed by atoms with Crippen LogP contribution in [0, 0.1) is 0 Å². The monoisotopic (exact) mass is 337 g/mol. The highest BCUT2D eigenvalue weighted by Gasteiger charge is 2.07. The van der Waals surface area contributed by atoms with Gasteiger partial charge in [0.1, 0.15) is 12.4 Å². The quantitative estimate of drug-likeness (QED) is 0.729. The van der Waals surface area contributed by atoms with Crippen molar-refractivity contribution in [2.24, 2.45) is 0 Å². The molecule has 3 nitrogen and oxygen atoms in total. The maximum absolute atomic E-state index is 5.55. The standard InChI is InChI=1S/C16H20BrNO2/c1-13(15-7-2-3-8-16(15)17)18-9-5-10-19-12-14-6-4-11-20-14/h2-4,6-8,11,13,18H,5,9-10,12H2,1H3. The van der Waals surface area contributed by atoms with E-state index in [1.54, 1.807) is 6.26 Å². The van der Waals surface area contributed by atoms with E-state index in [9.17, 15) is 0 Å². The van der Waals surface area contributed by atoms with E-state index in [-0.39, 0.29) is 0 Å². The third-order valence-electron chi connectivity index (χ3n) is 3.11. The minimum absolute atomic E-state index is 0.329. The number of rotatable bonds is 8. The minimum atomic E-state index is 0.329. The SMILES string of the molecule is CC(NCCCOCc1ccco1)c1ccccc1Br. The molecule has 108 valence electrons. The molecule has 2 rings (SSSR count). The van der Waals surface area contributed by atoms with Crippen LogP contribution in [-0.4, -0.2) is 13.2 Å². The van der Waals surface area contributed by atoms with Crippen LogP contribution in [0.1, 0.15) is 30.7 Å². The highest BCUT2D eigenvalue weighted by molar-refractivity contribution is 9.10. The highest BCUT2D eigenvalue weighted by atomic mass is 79.9. The van der Waals surface area contributed by atoms with Crippen molar-refractivity contribution in [3.05, 3.63) is 58.5 Å². The maximum atomic E-state index is 5.55. The molecule has 0 bridgehead atoms. The topological polar surface area (TPSA) is 34.4 Å². The van der Waals surface area contributed by atoms with Crippen LogP contribution in [0.4, 0.5) is 0 Å². The van der Waals surface area contributed by atoms with Gasteiger partial charge in [0, 0.05) is 17.1 Å². The Labute approximate surface area is 128 Å². The van der Waals surface area contributed by atoms with Crippen LogP contribution >= 0.6 is 15.9 Å². The summed E-state index contributed by atoms with van der Waals surface area (Å²) in [5, 5.41) is 3.50. The van der Waals surface area contributed by atoms with Crippen molar-refractivity contribution in [2.75, 3.05) is 13.2 Å². The minimum Gasteiger partial charge on any atom is -0.467 e. The molecule has 0 saturated heterocycles. The molecule has 0 radical (unpaired) electrons. The smallest absolute Gasteiger partial charge is 0.129 e. The first-order valence-corrected chi connectivity index (χ1v) is 7.64. The first-order chi connectivity index (χ1) is 9.77. The summed E-state index contributed by atoms with van der Waals surface area (Å²) >= 11 is 3.58. The van der Waals surface area contributed by atoms with Crippen LogP contribution in [0.25, 0.3) is 0 Å². The van der Waals surface area contributed by atoms with Gasteiger partial charge in [0.05, 0.1) is 6.26 Å². The van der Waals surface area contributed by atoms with Crippen LogP contribution in [0.2, 0.25) is 0 Å². The second-order valence-electron chi connectivity index (χ2n) is 4.68. The number of furan rings is 1. The van der Waals surface area contributed by atoms with E-state index in [1.165, 1.54) is 5.56 Å². The van der Waals surface area contributed by atoms with Crippen molar-refractivity contribution in [3.63, 3.8) is 0 Å². The molecule has 4 heteroatoms. The molecule has 1 heterocycles. The lowest BCUT2D eigenvalue weighted by Gasteiger charge is -2.15. The predicted molar refractivity (Wildman–Crippen MR) is 83.5 cm³/mol. The average molecular weight is 338 g/mol. The summed E-state index contributed by atoms with van der Waals surface area (Å²) in [5.74, 6) is 0.875. The van der Waals surface area contributed by atoms with Gasteiger partial charge in [-0.05, 0) is 43.7 Å². The van der Waals surface area contributed by atoms with Crippen LogP contribution in [0.3, 0.4) is 0 Å². The van der Waals surface area contributed by atoms with Crippen molar-refractivity contribution >= 4 is 15.9 Å². The molecule has 0 aliphatic rings. The molecule has 1 aromatic heterocycles. The van der Waals surface area contributed by atoms with Gasteiger partial charge in [0.2, 0.25) is 0 Å². The molecule has 0 amide bonds. The normalized spacial score (nSPS) is 12.5. The number of ether oxygens (including phenoxy) is 1. The summed E-state index contributed by atoms with van der Waals surface area (Å²) in [6, 6.07) is 12.4. The molecular formula is C16H20BrNO2. The summed E-state index contributed by atoms with van der Waals surface area (Å²) in [4.78, 5) is 0. The summed E-state index contributed by atoms with van der Waals surface area (Å²) < 4.78 is 11.9. The van der Waals surface area contributed by atoms with Gasteiger partial charge in [-0.15, -0.1) is 0 Å². The third-order valence-corrected chi connectivity index (χ3v) is 3.83. The Balaban J connectivity index is 1.60. The van der Waals surface area contributed by atoms with Crippen LogP contribution in [-0.2, 0) is 11.3 Å². The summed E-state index contributed by atoms with van der Waals surface area (Å²) in [6.45, 7) is 4.38. The van der Waals surface area contributed by atoms with E-state index < -0.39 is 0 Å². The van der Waals surface area contributed by atoms with Crippen LogP contribution in [0.5, 0.6) is 0 Å². The van der Waals surface area contributed by atoms with Crippen molar-refractivity contribution in [2.45, 2.75) is 26.0 Å². The van der Waals surface area contributed by atoms with Gasteiger partial charge >= 0.3 is 0 Å². The fourth-order valence-electron chi connectivity index (χ4n) is 2.00. The second kappa shape index (κ2) is 8.25. The lowest BCUT2D eigenvalue weighted by atomic mass is 10.1. The molecule has 0 spiro atoms. The fourth-order valence-corrected chi connectivity index (χ4v) is 2.62. The first kappa shape index (κ1) is 15.3. The molecule has 20 heavy (non-hydrogen) atoms. The Bertz CT molecular complexity index is 499. The average Bonchev–Trinajstić information content (AvgIpc) is 2.96. The molecule has 1 N–H and O–H groups in total. The zero-order valence-corrected chi connectivity index (χ0v) is 13.2. The number of hydrogen-bond acceptors (Lipinski definition) is 3. The van der Waals surface area contributed by atoms with Gasteiger partial charge in [0.25, 0.3) is 0 Å². The molecule has 0 aliphatic heterocycles. The second-order valence-corrected chi connectivity index (χ2v) is 5.54. The summed E-state index contributed by atoms with van der Waals surface area (Å²) in [7, 11) is 0. The van der Waals surface area contributed by atoms with Crippen molar-refractivity contribution in [1.82, 2.24) is 5.32 Å². The highest BCUT2D eigenvalue weighted by Crippen LogP contribution is 2.22. The molecule has 2 aromatic rings. The third kappa shape index (κ3) is 4.78. The van der Waals surface area contributed by atoms with Gasteiger partial charge in [-0.3, -0.25) is 0 Å².